The van der Waals surface area contributed by atoms with Crippen LogP contribution in [0.15, 0.2) is 0 Å². The van der Waals surface area contributed by atoms with Crippen molar-refractivity contribution in [3.05, 3.63) is 0 Å². The van der Waals surface area contributed by atoms with Crippen molar-refractivity contribution in [2.45, 2.75) is 225 Å². The van der Waals surface area contributed by atoms with Crippen molar-refractivity contribution in [1.29, 1.82) is 0 Å². The van der Waals surface area contributed by atoms with Crippen molar-refractivity contribution in [2.24, 2.45) is 0 Å². The normalized spacial score (nSPS) is 17.2. The average Bonchev–Trinajstić information content (AvgIpc) is 2.95. The molecule has 0 aliphatic carbocycles. The molecule has 0 radical (unpaired) electrons. The van der Waals surface area contributed by atoms with E-state index in [9.17, 15) is 0 Å². The van der Waals surface area contributed by atoms with Crippen LogP contribution in [-0.2, 0) is 14.2 Å². The van der Waals surface area contributed by atoms with Crippen molar-refractivity contribution in [2.75, 3.05) is 6.79 Å². The lowest BCUT2D eigenvalue weighted by atomic mass is 9.98. The summed E-state index contributed by atoms with van der Waals surface area (Å²) in [7, 11) is 0. The Labute approximate surface area is 246 Å². The zero-order chi connectivity index (χ0) is 28.1. The highest BCUT2D eigenvalue weighted by Crippen LogP contribution is 2.34. The maximum Gasteiger partial charge on any atom is 0.174 e. The fourth-order valence-corrected chi connectivity index (χ4v) is 6.09. The van der Waals surface area contributed by atoms with Gasteiger partial charge in [0.1, 0.15) is 0 Å². The van der Waals surface area contributed by atoms with E-state index in [1.54, 1.807) is 0 Å². The molecule has 1 rings (SSSR count). The Morgan fingerprint density at radius 2 is 0.769 bits per heavy atom. The Morgan fingerprint density at radius 3 is 1.15 bits per heavy atom. The fourth-order valence-electron chi connectivity index (χ4n) is 6.09. The van der Waals surface area contributed by atoms with Gasteiger partial charge in [-0.1, -0.05) is 175 Å². The van der Waals surface area contributed by atoms with Crippen molar-refractivity contribution in [3.8, 4) is 0 Å². The third-order valence-electron chi connectivity index (χ3n) is 8.79. The van der Waals surface area contributed by atoms with E-state index in [1.165, 1.54) is 173 Å². The highest BCUT2D eigenvalue weighted by atomic mass is 16.9. The number of hydrogen-bond acceptors (Lipinski definition) is 3. The van der Waals surface area contributed by atoms with E-state index >= 15 is 0 Å². The van der Waals surface area contributed by atoms with Gasteiger partial charge in [0.15, 0.2) is 18.9 Å². The number of ether oxygens (including phenoxy) is 3. The first kappa shape index (κ1) is 36.9. The number of rotatable bonds is 30. The quantitative estimate of drug-likeness (QED) is 0.0829. The van der Waals surface area contributed by atoms with E-state index in [4.69, 9.17) is 14.2 Å². The smallest absolute Gasteiger partial charge is 0.174 e. The standard InChI is InChI=1S/C36H72O3/c1-4-7-10-13-16-19-22-25-28-31-35-37-34-38-36(39-35,32-29-26-23-20-17-14-11-8-5-2)33-30-27-24-21-18-15-12-9-6-3/h35H,4-34H2,1-3H3. The van der Waals surface area contributed by atoms with Crippen LogP contribution in [0.1, 0.15) is 213 Å². The molecule has 39 heavy (non-hydrogen) atoms. The van der Waals surface area contributed by atoms with Gasteiger partial charge in [-0.15, -0.1) is 0 Å². The van der Waals surface area contributed by atoms with Crippen LogP contribution in [-0.4, -0.2) is 18.9 Å². The van der Waals surface area contributed by atoms with Crippen LogP contribution in [0.4, 0.5) is 0 Å². The molecular formula is C36H72O3. The molecular weight excluding hydrogens is 480 g/mol. The topological polar surface area (TPSA) is 27.7 Å². The minimum absolute atomic E-state index is 0.0690. The molecule has 0 saturated carbocycles. The lowest BCUT2D eigenvalue weighted by Gasteiger charge is -2.41. The molecule has 3 heteroatoms. The number of unbranched alkanes of at least 4 members (excludes halogenated alkanes) is 24. The van der Waals surface area contributed by atoms with Gasteiger partial charge < -0.3 is 14.2 Å². The number of hydrogen-bond donors (Lipinski definition) is 0. The van der Waals surface area contributed by atoms with E-state index in [2.05, 4.69) is 20.8 Å². The van der Waals surface area contributed by atoms with Gasteiger partial charge in [0, 0.05) is 12.8 Å². The van der Waals surface area contributed by atoms with Crippen LogP contribution in [0.2, 0.25) is 0 Å². The second kappa shape index (κ2) is 28.0. The predicted octanol–water partition coefficient (Wildman–Crippen LogP) is 12.8. The molecule has 1 saturated heterocycles. The van der Waals surface area contributed by atoms with Crippen LogP contribution in [0.5, 0.6) is 0 Å². The molecule has 0 spiro atoms. The first-order valence-corrected chi connectivity index (χ1v) is 18.2. The minimum Gasteiger partial charge on any atom is -0.326 e. The first-order valence-electron chi connectivity index (χ1n) is 18.2. The lowest BCUT2D eigenvalue weighted by Crippen LogP contribution is -2.46. The van der Waals surface area contributed by atoms with Gasteiger partial charge in [-0.3, -0.25) is 0 Å². The second-order valence-electron chi connectivity index (χ2n) is 12.7. The van der Waals surface area contributed by atoms with Crippen molar-refractivity contribution in [3.63, 3.8) is 0 Å². The van der Waals surface area contributed by atoms with E-state index in [-0.39, 0.29) is 6.29 Å². The van der Waals surface area contributed by atoms with Crippen LogP contribution < -0.4 is 0 Å². The lowest BCUT2D eigenvalue weighted by molar-refractivity contribution is -0.401. The van der Waals surface area contributed by atoms with E-state index in [0.29, 0.717) is 6.79 Å². The zero-order valence-electron chi connectivity index (χ0n) is 27.2. The summed E-state index contributed by atoms with van der Waals surface area (Å²) in [5, 5.41) is 0. The summed E-state index contributed by atoms with van der Waals surface area (Å²) in [6.45, 7) is 7.30. The second-order valence-corrected chi connectivity index (χ2v) is 12.7. The summed E-state index contributed by atoms with van der Waals surface area (Å²) in [6, 6.07) is 0. The van der Waals surface area contributed by atoms with Crippen molar-refractivity contribution >= 4 is 0 Å². The molecule has 0 amide bonds. The molecule has 1 aliphatic heterocycles. The molecule has 1 unspecified atom stereocenters. The first-order chi connectivity index (χ1) is 19.3. The highest BCUT2D eigenvalue weighted by molar-refractivity contribution is 4.74. The summed E-state index contributed by atoms with van der Waals surface area (Å²) in [6.07, 6.45) is 39.8. The third-order valence-corrected chi connectivity index (χ3v) is 8.79. The van der Waals surface area contributed by atoms with Gasteiger partial charge in [-0.05, 0) is 25.7 Å². The summed E-state index contributed by atoms with van der Waals surface area (Å²) >= 11 is 0. The third kappa shape index (κ3) is 22.2. The molecule has 1 atom stereocenters. The van der Waals surface area contributed by atoms with Gasteiger partial charge in [-0.2, -0.15) is 0 Å². The zero-order valence-corrected chi connectivity index (χ0v) is 27.2. The van der Waals surface area contributed by atoms with Gasteiger partial charge in [0.2, 0.25) is 0 Å². The average molecular weight is 553 g/mol. The molecule has 0 aromatic rings. The van der Waals surface area contributed by atoms with Crippen LogP contribution in [0.3, 0.4) is 0 Å². The van der Waals surface area contributed by atoms with Crippen LogP contribution in [0, 0.1) is 0 Å². The monoisotopic (exact) mass is 553 g/mol. The Balaban J connectivity index is 2.33. The summed E-state index contributed by atoms with van der Waals surface area (Å²) in [5.41, 5.74) is 0. The van der Waals surface area contributed by atoms with E-state index in [0.717, 1.165) is 19.3 Å². The minimum atomic E-state index is -0.398. The SMILES string of the molecule is CCCCCCCCCCCC1OCOC(CCCCCCCCCCC)(CCCCCCCCCCC)O1. The summed E-state index contributed by atoms with van der Waals surface area (Å²) < 4.78 is 18.9. The highest BCUT2D eigenvalue weighted by Gasteiger charge is 2.38. The fraction of sp³-hybridized carbons (Fsp3) is 1.00. The molecule has 234 valence electrons. The van der Waals surface area contributed by atoms with Gasteiger partial charge in [0.05, 0.1) is 0 Å². The molecule has 0 aromatic carbocycles. The van der Waals surface area contributed by atoms with Crippen molar-refractivity contribution in [1.82, 2.24) is 0 Å². The van der Waals surface area contributed by atoms with Crippen molar-refractivity contribution < 1.29 is 14.2 Å². The Hall–Kier alpha value is -0.120. The van der Waals surface area contributed by atoms with Gasteiger partial charge in [-0.25, -0.2) is 0 Å². The van der Waals surface area contributed by atoms with E-state index < -0.39 is 5.79 Å². The van der Waals surface area contributed by atoms with Gasteiger partial charge in [0.25, 0.3) is 0 Å². The maximum absolute atomic E-state index is 6.65. The largest absolute Gasteiger partial charge is 0.326 e. The molecule has 1 fully saturated rings. The molecule has 0 aromatic heterocycles. The molecule has 1 aliphatic rings. The summed E-state index contributed by atoms with van der Waals surface area (Å²) in [5.74, 6) is -0.398. The molecule has 3 nitrogen and oxygen atoms in total. The molecule has 0 N–H and O–H groups in total. The maximum atomic E-state index is 6.65. The van der Waals surface area contributed by atoms with Crippen LogP contribution in [0.25, 0.3) is 0 Å². The molecule has 1 heterocycles. The Kier molecular flexibility index (Phi) is 26.5. The Morgan fingerprint density at radius 1 is 0.436 bits per heavy atom. The van der Waals surface area contributed by atoms with Crippen LogP contribution >= 0.6 is 0 Å². The van der Waals surface area contributed by atoms with Gasteiger partial charge >= 0.3 is 0 Å². The van der Waals surface area contributed by atoms with E-state index in [1.807, 2.05) is 0 Å². The summed E-state index contributed by atoms with van der Waals surface area (Å²) in [4.78, 5) is 0. The predicted molar refractivity (Wildman–Crippen MR) is 170 cm³/mol. The Bertz CT molecular complexity index is 458. The molecule has 0 bridgehead atoms.